The Labute approximate surface area is 137 Å². The first kappa shape index (κ1) is 12.0. The quantitative estimate of drug-likeness (QED) is 0.857. The second-order valence-corrected chi connectivity index (χ2v) is 6.38. The first-order valence-electron chi connectivity index (χ1n) is 9.58. The molecule has 0 saturated carbocycles. The molecule has 0 radical (unpaired) electrons. The zero-order chi connectivity index (χ0) is 18.0. The largest absolute Gasteiger partial charge is 0.495 e. The van der Waals surface area contributed by atoms with Gasteiger partial charge in [0.05, 0.1) is 16.8 Å². The summed E-state index contributed by atoms with van der Waals surface area (Å²) in [5.74, 6) is 0.235. The van der Waals surface area contributed by atoms with Crippen LogP contribution in [-0.2, 0) is 0 Å². The third-order valence-corrected chi connectivity index (χ3v) is 4.99. The van der Waals surface area contributed by atoms with Crippen molar-refractivity contribution in [2.45, 2.75) is 18.9 Å². The van der Waals surface area contributed by atoms with Gasteiger partial charge in [-0.15, -0.1) is 0 Å². The van der Waals surface area contributed by atoms with E-state index >= 15 is 0 Å². The van der Waals surface area contributed by atoms with Gasteiger partial charge in [-0.1, -0.05) is 0 Å². The Kier molecular flexibility index (Phi) is 3.69. The summed E-state index contributed by atoms with van der Waals surface area (Å²) < 4.78 is 26.8. The monoisotopic (exact) mass is 307 g/mol. The number of likely N-dealkylation sites (N-methyl/N-ethyl adjacent to an activating group) is 1. The van der Waals surface area contributed by atoms with Crippen LogP contribution in [0.25, 0.3) is 0 Å². The van der Waals surface area contributed by atoms with Gasteiger partial charge in [0.1, 0.15) is 5.75 Å². The average molecular weight is 307 g/mol. The van der Waals surface area contributed by atoms with Crippen LogP contribution in [0, 0.1) is 0 Å². The Morgan fingerprint density at radius 2 is 1.86 bits per heavy atom. The maximum atomic E-state index is 7.27. The van der Waals surface area contributed by atoms with E-state index in [1.165, 1.54) is 0 Å². The fourth-order valence-corrected chi connectivity index (χ4v) is 3.48. The van der Waals surface area contributed by atoms with Crippen molar-refractivity contribution < 1.29 is 8.85 Å². The SMILES string of the molecule is [2H]C([2H])([2H])Oc1cc(N2CCC(N3CCN(C)CC3)CC2)ccc1N. The topological polar surface area (TPSA) is 45.0 Å². The molecular formula is C17H28N4O. The van der Waals surface area contributed by atoms with Crippen LogP contribution in [0.15, 0.2) is 18.2 Å². The summed E-state index contributed by atoms with van der Waals surface area (Å²) in [5, 5.41) is 0. The lowest BCUT2D eigenvalue weighted by atomic mass is 10.0. The Bertz CT molecular complexity index is 580. The predicted molar refractivity (Wildman–Crippen MR) is 91.7 cm³/mol. The lowest BCUT2D eigenvalue weighted by Gasteiger charge is -2.42. The van der Waals surface area contributed by atoms with Gasteiger partial charge in [-0.3, -0.25) is 4.90 Å². The molecule has 0 spiro atoms. The number of methoxy groups -OCH3 is 1. The van der Waals surface area contributed by atoms with Crippen molar-refractivity contribution in [3.63, 3.8) is 0 Å². The fraction of sp³-hybridized carbons (Fsp3) is 0.647. The number of piperazine rings is 1. The highest BCUT2D eigenvalue weighted by Gasteiger charge is 2.26. The minimum Gasteiger partial charge on any atom is -0.495 e. The lowest BCUT2D eigenvalue weighted by molar-refractivity contribution is 0.0982. The number of benzene rings is 1. The zero-order valence-electron chi connectivity index (χ0n) is 16.3. The number of anilines is 2. The molecule has 5 nitrogen and oxygen atoms in total. The van der Waals surface area contributed by atoms with E-state index in [1.807, 2.05) is 6.07 Å². The van der Waals surface area contributed by atoms with E-state index in [0.717, 1.165) is 57.8 Å². The first-order chi connectivity index (χ1) is 11.8. The molecule has 1 aromatic carbocycles. The van der Waals surface area contributed by atoms with Gasteiger partial charge in [-0.2, -0.15) is 0 Å². The average Bonchev–Trinajstić information content (AvgIpc) is 2.57. The highest BCUT2D eigenvalue weighted by atomic mass is 16.5. The van der Waals surface area contributed by atoms with Gasteiger partial charge in [0.2, 0.25) is 0 Å². The summed E-state index contributed by atoms with van der Waals surface area (Å²) in [6, 6.07) is 6.07. The van der Waals surface area contributed by atoms with Gasteiger partial charge in [-0.25, -0.2) is 0 Å². The molecule has 2 aliphatic heterocycles. The number of rotatable bonds is 3. The van der Waals surface area contributed by atoms with Gasteiger partial charge >= 0.3 is 0 Å². The smallest absolute Gasteiger partial charge is 0.143 e. The highest BCUT2D eigenvalue weighted by molar-refractivity contribution is 5.62. The third-order valence-electron chi connectivity index (χ3n) is 4.99. The van der Waals surface area contributed by atoms with E-state index in [4.69, 9.17) is 14.6 Å². The molecule has 3 rings (SSSR count). The molecular weight excluding hydrogens is 276 g/mol. The van der Waals surface area contributed by atoms with E-state index in [0.29, 0.717) is 11.7 Å². The molecule has 0 aliphatic carbocycles. The second kappa shape index (κ2) is 6.75. The molecule has 2 fully saturated rings. The van der Waals surface area contributed by atoms with Crippen molar-refractivity contribution in [1.82, 2.24) is 9.80 Å². The van der Waals surface area contributed by atoms with Crippen molar-refractivity contribution in [1.29, 1.82) is 0 Å². The minimum atomic E-state index is -2.48. The number of ether oxygens (including phenoxy) is 1. The number of hydrogen-bond acceptors (Lipinski definition) is 5. The van der Waals surface area contributed by atoms with Crippen LogP contribution in [0.5, 0.6) is 5.75 Å². The van der Waals surface area contributed by atoms with Crippen molar-refractivity contribution in [2.24, 2.45) is 0 Å². The normalized spacial score (nSPS) is 24.6. The number of nitrogens with two attached hydrogens (primary N) is 1. The van der Waals surface area contributed by atoms with Crippen LogP contribution in [0.3, 0.4) is 0 Å². The molecule has 5 heteroatoms. The number of hydrogen-bond donors (Lipinski definition) is 1. The molecule has 1 aromatic rings. The van der Waals surface area contributed by atoms with E-state index < -0.39 is 7.04 Å². The third kappa shape index (κ3) is 3.31. The standard InChI is InChI=1S/C17H28N4O/c1-19-9-11-21(12-10-19)14-5-7-20(8-6-14)15-3-4-16(18)17(13-15)22-2/h3-4,13-14H,5-12,18H2,1-2H3/i2D3. The minimum absolute atomic E-state index is 0.235. The predicted octanol–water partition coefficient (Wildman–Crippen LogP) is 1.49. The Hall–Kier alpha value is -1.46. The van der Waals surface area contributed by atoms with Crippen molar-refractivity contribution in [3.8, 4) is 5.75 Å². The van der Waals surface area contributed by atoms with Crippen molar-refractivity contribution >= 4 is 11.4 Å². The van der Waals surface area contributed by atoms with Gasteiger partial charge in [0, 0.05) is 57.1 Å². The molecule has 0 atom stereocenters. The number of piperidine rings is 1. The van der Waals surface area contributed by atoms with Crippen LogP contribution >= 0.6 is 0 Å². The molecule has 22 heavy (non-hydrogen) atoms. The maximum absolute atomic E-state index is 7.27. The summed E-state index contributed by atoms with van der Waals surface area (Å²) in [6.07, 6.45) is 2.26. The summed E-state index contributed by atoms with van der Waals surface area (Å²) in [6.45, 7) is 6.53. The maximum Gasteiger partial charge on any atom is 0.143 e. The van der Waals surface area contributed by atoms with Crippen LogP contribution in [0.2, 0.25) is 0 Å². The Morgan fingerprint density at radius 1 is 1.14 bits per heavy atom. The van der Waals surface area contributed by atoms with Crippen LogP contribution in [0.4, 0.5) is 11.4 Å². The van der Waals surface area contributed by atoms with E-state index in [1.54, 1.807) is 12.1 Å². The van der Waals surface area contributed by atoms with Crippen molar-refractivity contribution in [2.75, 3.05) is 64.0 Å². The second-order valence-electron chi connectivity index (χ2n) is 6.38. The van der Waals surface area contributed by atoms with Gasteiger partial charge in [0.15, 0.2) is 0 Å². The highest BCUT2D eigenvalue weighted by Crippen LogP contribution is 2.30. The van der Waals surface area contributed by atoms with Gasteiger partial charge < -0.3 is 20.3 Å². The number of nitrogens with zero attached hydrogens (tertiary/aromatic N) is 3. The lowest BCUT2D eigenvalue weighted by Crippen LogP contribution is -2.52. The molecule has 2 N–H and O–H groups in total. The summed E-state index contributed by atoms with van der Waals surface area (Å²) >= 11 is 0. The molecule has 2 heterocycles. The van der Waals surface area contributed by atoms with Crippen LogP contribution in [-0.4, -0.2) is 69.2 Å². The summed E-state index contributed by atoms with van der Waals surface area (Å²) in [4.78, 5) is 7.29. The number of nitrogen functional groups attached to an aromatic ring is 1. The Morgan fingerprint density at radius 3 is 2.55 bits per heavy atom. The molecule has 2 saturated heterocycles. The van der Waals surface area contributed by atoms with Gasteiger partial charge in [0.25, 0.3) is 0 Å². The van der Waals surface area contributed by atoms with Crippen LogP contribution in [0.1, 0.15) is 17.0 Å². The van der Waals surface area contributed by atoms with E-state index in [-0.39, 0.29) is 5.75 Å². The summed E-state index contributed by atoms with van der Waals surface area (Å²) in [7, 11) is -0.304. The van der Waals surface area contributed by atoms with Crippen LogP contribution < -0.4 is 15.4 Å². The van der Waals surface area contributed by atoms with Gasteiger partial charge in [-0.05, 0) is 32.0 Å². The van der Waals surface area contributed by atoms with E-state index in [9.17, 15) is 0 Å². The van der Waals surface area contributed by atoms with Crippen molar-refractivity contribution in [3.05, 3.63) is 18.2 Å². The fourth-order valence-electron chi connectivity index (χ4n) is 3.48. The molecule has 0 bridgehead atoms. The molecule has 2 aliphatic rings. The Balaban J connectivity index is 1.60. The molecule has 0 aromatic heterocycles. The molecule has 122 valence electrons. The molecule has 0 unspecified atom stereocenters. The summed E-state index contributed by atoms with van der Waals surface area (Å²) in [5.41, 5.74) is 7.18. The zero-order valence-corrected chi connectivity index (χ0v) is 13.3. The first-order valence-corrected chi connectivity index (χ1v) is 8.08. The molecule has 0 amide bonds. The van der Waals surface area contributed by atoms with E-state index in [2.05, 4.69) is 21.7 Å².